The summed E-state index contributed by atoms with van der Waals surface area (Å²) in [7, 11) is 0. The lowest BCUT2D eigenvalue weighted by atomic mass is 10.0. The standard InChI is InChI=1S/C30H35N5O4/c36-29(37-23-24-5-2-1-3-6-24)35-17-15-33(16-18-35)22-25-8-9-27(32-21-25)26-7-4-12-31-28(26)34-13-10-30(11-14-34)38-19-20-39-30/h1-9,12,21H,10-11,13-20,22-23H2. The zero-order valence-corrected chi connectivity index (χ0v) is 22.2. The fourth-order valence-electron chi connectivity index (χ4n) is 5.53. The molecule has 39 heavy (non-hydrogen) atoms. The van der Waals surface area contributed by atoms with Crippen LogP contribution >= 0.6 is 0 Å². The predicted molar refractivity (Wildman–Crippen MR) is 147 cm³/mol. The van der Waals surface area contributed by atoms with Gasteiger partial charge in [-0.1, -0.05) is 36.4 Å². The molecule has 3 aliphatic heterocycles. The van der Waals surface area contributed by atoms with Crippen molar-refractivity contribution in [3.05, 3.63) is 78.1 Å². The number of anilines is 1. The number of hydrogen-bond donors (Lipinski definition) is 0. The van der Waals surface area contributed by atoms with Crippen LogP contribution in [0.4, 0.5) is 10.6 Å². The maximum Gasteiger partial charge on any atom is 0.410 e. The van der Waals surface area contributed by atoms with Gasteiger partial charge >= 0.3 is 6.09 Å². The Bertz CT molecular complexity index is 1230. The highest BCUT2D eigenvalue weighted by molar-refractivity contribution is 5.73. The highest BCUT2D eigenvalue weighted by Crippen LogP contribution is 2.35. The minimum absolute atomic E-state index is 0.246. The van der Waals surface area contributed by atoms with E-state index < -0.39 is 5.79 Å². The third-order valence-corrected chi connectivity index (χ3v) is 7.77. The van der Waals surface area contributed by atoms with Gasteiger partial charge in [0, 0.05) is 76.6 Å². The minimum atomic E-state index is -0.403. The number of rotatable bonds is 6. The van der Waals surface area contributed by atoms with E-state index in [0.717, 1.165) is 73.8 Å². The van der Waals surface area contributed by atoms with Crippen molar-refractivity contribution in [2.24, 2.45) is 0 Å². The first-order valence-electron chi connectivity index (χ1n) is 13.8. The number of hydrogen-bond acceptors (Lipinski definition) is 8. The van der Waals surface area contributed by atoms with Crippen LogP contribution in [0.5, 0.6) is 0 Å². The van der Waals surface area contributed by atoms with Crippen LogP contribution in [0.3, 0.4) is 0 Å². The molecule has 1 aromatic carbocycles. The molecule has 0 atom stereocenters. The lowest BCUT2D eigenvalue weighted by Crippen LogP contribution is -2.48. The summed E-state index contributed by atoms with van der Waals surface area (Å²) in [5, 5.41) is 0. The Balaban J connectivity index is 1.01. The Morgan fingerprint density at radius 2 is 1.62 bits per heavy atom. The Morgan fingerprint density at radius 1 is 0.846 bits per heavy atom. The molecule has 6 rings (SSSR count). The molecule has 1 amide bonds. The van der Waals surface area contributed by atoms with E-state index in [4.69, 9.17) is 24.2 Å². The summed E-state index contributed by atoms with van der Waals surface area (Å²) in [5.41, 5.74) is 4.11. The van der Waals surface area contributed by atoms with E-state index in [0.29, 0.717) is 32.9 Å². The van der Waals surface area contributed by atoms with Gasteiger partial charge in [-0.2, -0.15) is 0 Å². The van der Waals surface area contributed by atoms with Crippen molar-refractivity contribution in [3.63, 3.8) is 0 Å². The van der Waals surface area contributed by atoms with Crippen LogP contribution in [0.25, 0.3) is 11.3 Å². The molecule has 9 heteroatoms. The molecule has 0 aliphatic carbocycles. The topological polar surface area (TPSA) is 80.3 Å². The first kappa shape index (κ1) is 25.7. The summed E-state index contributed by atoms with van der Waals surface area (Å²) in [6.45, 7) is 7.08. The van der Waals surface area contributed by atoms with Crippen molar-refractivity contribution in [2.75, 3.05) is 57.4 Å². The number of nitrogens with zero attached hydrogens (tertiary/aromatic N) is 5. The monoisotopic (exact) mass is 529 g/mol. The zero-order chi connectivity index (χ0) is 26.5. The van der Waals surface area contributed by atoms with E-state index in [1.807, 2.05) is 48.8 Å². The van der Waals surface area contributed by atoms with Crippen molar-refractivity contribution in [1.29, 1.82) is 0 Å². The van der Waals surface area contributed by atoms with Crippen LogP contribution in [0.1, 0.15) is 24.0 Å². The molecule has 3 aliphatic rings. The second kappa shape index (κ2) is 11.7. The van der Waals surface area contributed by atoms with E-state index in [2.05, 4.69) is 28.0 Å². The van der Waals surface area contributed by atoms with E-state index >= 15 is 0 Å². The van der Waals surface area contributed by atoms with Gasteiger partial charge in [0.1, 0.15) is 12.4 Å². The van der Waals surface area contributed by atoms with Crippen molar-refractivity contribution < 1.29 is 19.0 Å². The van der Waals surface area contributed by atoms with Gasteiger partial charge in [0.05, 0.1) is 18.9 Å². The average Bonchev–Trinajstić information content (AvgIpc) is 3.45. The normalized spacial score (nSPS) is 19.4. The van der Waals surface area contributed by atoms with Gasteiger partial charge in [-0.25, -0.2) is 9.78 Å². The highest BCUT2D eigenvalue weighted by atomic mass is 16.7. The number of amides is 1. The Morgan fingerprint density at radius 3 is 2.33 bits per heavy atom. The maximum absolute atomic E-state index is 12.5. The second-order valence-electron chi connectivity index (χ2n) is 10.3. The Hall–Kier alpha value is -3.53. The van der Waals surface area contributed by atoms with Crippen molar-refractivity contribution in [1.82, 2.24) is 19.8 Å². The molecule has 0 radical (unpaired) electrons. The lowest BCUT2D eigenvalue weighted by molar-refractivity contribution is -0.169. The Kier molecular flexibility index (Phi) is 7.71. The third-order valence-electron chi connectivity index (χ3n) is 7.77. The lowest BCUT2D eigenvalue weighted by Gasteiger charge is -2.38. The molecule has 0 saturated carbocycles. The number of pyridine rings is 2. The first-order valence-corrected chi connectivity index (χ1v) is 13.8. The van der Waals surface area contributed by atoms with Crippen LogP contribution in [0, 0.1) is 0 Å². The van der Waals surface area contributed by atoms with Crippen LogP contribution in [-0.2, 0) is 27.4 Å². The predicted octanol–water partition coefficient (Wildman–Crippen LogP) is 3.94. The zero-order valence-electron chi connectivity index (χ0n) is 22.2. The van der Waals surface area contributed by atoms with Crippen LogP contribution in [0.2, 0.25) is 0 Å². The van der Waals surface area contributed by atoms with Gasteiger partial charge in [-0.15, -0.1) is 0 Å². The molecule has 0 unspecified atom stereocenters. The molecule has 3 saturated heterocycles. The molecule has 9 nitrogen and oxygen atoms in total. The molecule has 0 bridgehead atoms. The molecule has 204 valence electrons. The van der Waals surface area contributed by atoms with Crippen molar-refractivity contribution in [3.8, 4) is 11.3 Å². The number of piperazine rings is 1. The first-order chi connectivity index (χ1) is 19.2. The quantitative estimate of drug-likeness (QED) is 0.475. The molecule has 3 fully saturated rings. The number of benzene rings is 1. The summed E-state index contributed by atoms with van der Waals surface area (Å²) in [5.74, 6) is 0.556. The van der Waals surface area contributed by atoms with Gasteiger partial charge in [0.25, 0.3) is 0 Å². The van der Waals surface area contributed by atoms with Gasteiger partial charge in [0.2, 0.25) is 0 Å². The Labute approximate surface area is 229 Å². The van der Waals surface area contributed by atoms with Crippen LogP contribution in [-0.4, -0.2) is 84.1 Å². The minimum Gasteiger partial charge on any atom is -0.445 e. The summed E-state index contributed by atoms with van der Waals surface area (Å²) in [6, 6.07) is 18.1. The number of aromatic nitrogens is 2. The van der Waals surface area contributed by atoms with E-state index in [9.17, 15) is 4.79 Å². The van der Waals surface area contributed by atoms with Gasteiger partial charge in [0.15, 0.2) is 5.79 Å². The van der Waals surface area contributed by atoms with Gasteiger partial charge < -0.3 is 24.0 Å². The average molecular weight is 530 g/mol. The number of carbonyl (C=O) groups excluding carboxylic acids is 1. The number of piperidine rings is 1. The number of ether oxygens (including phenoxy) is 3. The molecule has 0 N–H and O–H groups in total. The molecular weight excluding hydrogens is 494 g/mol. The van der Waals surface area contributed by atoms with Gasteiger partial charge in [-0.05, 0) is 29.3 Å². The molecule has 3 aromatic rings. The fourth-order valence-corrected chi connectivity index (χ4v) is 5.53. The second-order valence-corrected chi connectivity index (χ2v) is 10.3. The molecular formula is C30H35N5O4. The summed E-state index contributed by atoms with van der Waals surface area (Å²) >= 11 is 0. The third kappa shape index (κ3) is 6.06. The number of carbonyl (C=O) groups is 1. The van der Waals surface area contributed by atoms with Crippen LogP contribution < -0.4 is 4.90 Å². The molecule has 5 heterocycles. The van der Waals surface area contributed by atoms with E-state index in [1.165, 1.54) is 0 Å². The smallest absolute Gasteiger partial charge is 0.410 e. The summed E-state index contributed by atoms with van der Waals surface area (Å²) in [4.78, 5) is 28.4. The van der Waals surface area contributed by atoms with Crippen LogP contribution in [0.15, 0.2) is 67.0 Å². The fraction of sp³-hybridized carbons (Fsp3) is 0.433. The summed E-state index contributed by atoms with van der Waals surface area (Å²) < 4.78 is 17.3. The summed E-state index contributed by atoms with van der Waals surface area (Å²) in [6.07, 6.45) is 5.24. The van der Waals surface area contributed by atoms with E-state index in [1.54, 1.807) is 4.90 Å². The molecule has 2 aromatic heterocycles. The maximum atomic E-state index is 12.5. The largest absolute Gasteiger partial charge is 0.445 e. The van der Waals surface area contributed by atoms with Crippen molar-refractivity contribution in [2.45, 2.75) is 31.8 Å². The highest BCUT2D eigenvalue weighted by Gasteiger charge is 2.40. The van der Waals surface area contributed by atoms with Crippen molar-refractivity contribution >= 4 is 11.9 Å². The van der Waals surface area contributed by atoms with Gasteiger partial charge in [-0.3, -0.25) is 9.88 Å². The SMILES string of the molecule is O=C(OCc1ccccc1)N1CCN(Cc2ccc(-c3cccnc3N3CCC4(CC3)OCCO4)nc2)CC1. The van der Waals surface area contributed by atoms with E-state index in [-0.39, 0.29) is 6.09 Å². The molecule has 1 spiro atoms.